The Kier molecular flexibility index (Phi) is 8.21. The maximum Gasteiger partial charge on any atom is 0.264 e. The predicted molar refractivity (Wildman–Crippen MR) is 140 cm³/mol. The molecule has 0 atom stereocenters. The van der Waals surface area contributed by atoms with Gasteiger partial charge in [-0.05, 0) is 73.8 Å². The van der Waals surface area contributed by atoms with Crippen LogP contribution in [0.2, 0.25) is 0 Å². The molecule has 35 heavy (non-hydrogen) atoms. The number of amides is 1. The highest BCUT2D eigenvalue weighted by Crippen LogP contribution is 2.24. The monoisotopic (exact) mass is 491 g/mol. The number of hydrogen-bond acceptors (Lipinski definition) is 4. The van der Waals surface area contributed by atoms with E-state index in [9.17, 15) is 13.2 Å². The first-order valence-corrected chi connectivity index (χ1v) is 13.6. The summed E-state index contributed by atoms with van der Waals surface area (Å²) in [6.45, 7) is 5.12. The zero-order valence-electron chi connectivity index (χ0n) is 20.2. The van der Waals surface area contributed by atoms with Gasteiger partial charge >= 0.3 is 0 Å². The fraction of sp³-hybridized carbons (Fsp3) is 0.321. The maximum absolute atomic E-state index is 13.4. The van der Waals surface area contributed by atoms with Crippen LogP contribution in [0.4, 0.5) is 5.69 Å². The van der Waals surface area contributed by atoms with Gasteiger partial charge in [0.15, 0.2) is 0 Å². The van der Waals surface area contributed by atoms with Gasteiger partial charge in [-0.15, -0.1) is 0 Å². The number of piperidine rings is 1. The van der Waals surface area contributed by atoms with Crippen molar-refractivity contribution in [1.82, 2.24) is 10.2 Å². The molecular weight excluding hydrogens is 458 g/mol. The van der Waals surface area contributed by atoms with Crippen LogP contribution in [0.25, 0.3) is 0 Å². The number of rotatable bonds is 9. The molecule has 1 saturated heterocycles. The summed E-state index contributed by atoms with van der Waals surface area (Å²) in [5, 5.41) is 2.91. The average Bonchev–Trinajstić information content (AvgIpc) is 2.87. The average molecular weight is 492 g/mol. The Morgan fingerprint density at radius 2 is 1.60 bits per heavy atom. The van der Waals surface area contributed by atoms with Gasteiger partial charge in [0, 0.05) is 13.1 Å². The summed E-state index contributed by atoms with van der Waals surface area (Å²) in [5.41, 5.74) is 3.61. The first kappa shape index (κ1) is 24.9. The lowest BCUT2D eigenvalue weighted by atomic mass is 10.1. The van der Waals surface area contributed by atoms with E-state index in [4.69, 9.17) is 0 Å². The second kappa shape index (κ2) is 11.5. The van der Waals surface area contributed by atoms with E-state index < -0.39 is 10.0 Å². The number of nitrogens with one attached hydrogen (secondary N) is 1. The molecule has 1 heterocycles. The number of carbonyl (C=O) groups is 1. The molecule has 1 N–H and O–H groups in total. The van der Waals surface area contributed by atoms with Crippen LogP contribution in [0, 0.1) is 6.92 Å². The van der Waals surface area contributed by atoms with Gasteiger partial charge in [-0.25, -0.2) is 8.42 Å². The number of nitrogens with zero attached hydrogens (tertiary/aromatic N) is 2. The Morgan fingerprint density at radius 3 is 2.34 bits per heavy atom. The van der Waals surface area contributed by atoms with E-state index in [2.05, 4.69) is 22.3 Å². The summed E-state index contributed by atoms with van der Waals surface area (Å²) in [6, 6.07) is 23.6. The number of anilines is 1. The second-order valence-corrected chi connectivity index (χ2v) is 11.0. The largest absolute Gasteiger partial charge is 0.350 e. The Bertz CT molecular complexity index is 1240. The zero-order valence-corrected chi connectivity index (χ0v) is 21.0. The van der Waals surface area contributed by atoms with Crippen molar-refractivity contribution in [1.29, 1.82) is 0 Å². The van der Waals surface area contributed by atoms with Gasteiger partial charge in [-0.1, -0.05) is 61.0 Å². The van der Waals surface area contributed by atoms with Crippen molar-refractivity contribution in [2.45, 2.75) is 44.2 Å². The Balaban J connectivity index is 1.45. The minimum atomic E-state index is -3.91. The second-order valence-electron chi connectivity index (χ2n) is 9.10. The van der Waals surface area contributed by atoms with Crippen molar-refractivity contribution in [2.24, 2.45) is 0 Å². The quantitative estimate of drug-likeness (QED) is 0.479. The molecule has 0 radical (unpaired) electrons. The summed E-state index contributed by atoms with van der Waals surface area (Å²) in [7, 11) is -3.91. The number of sulfonamides is 1. The van der Waals surface area contributed by atoms with Crippen molar-refractivity contribution < 1.29 is 13.2 Å². The van der Waals surface area contributed by atoms with Gasteiger partial charge in [0.2, 0.25) is 5.91 Å². The Labute approximate surface area is 208 Å². The summed E-state index contributed by atoms with van der Waals surface area (Å²) >= 11 is 0. The SMILES string of the molecule is Cc1cccc(N(CC(=O)NCc2cccc(CN3CCCCC3)c2)S(=O)(=O)c2ccccc2)c1. The molecule has 0 aliphatic carbocycles. The molecule has 0 saturated carbocycles. The first-order chi connectivity index (χ1) is 16.9. The first-order valence-electron chi connectivity index (χ1n) is 12.1. The van der Waals surface area contributed by atoms with Crippen LogP contribution >= 0.6 is 0 Å². The summed E-state index contributed by atoms with van der Waals surface area (Å²) in [4.78, 5) is 15.6. The van der Waals surface area contributed by atoms with Crippen molar-refractivity contribution in [2.75, 3.05) is 23.9 Å². The molecule has 0 spiro atoms. The summed E-state index contributed by atoms with van der Waals surface area (Å²) < 4.78 is 28.0. The lowest BCUT2D eigenvalue weighted by Gasteiger charge is -2.26. The minimum Gasteiger partial charge on any atom is -0.350 e. The third kappa shape index (κ3) is 6.71. The van der Waals surface area contributed by atoms with Gasteiger partial charge in [-0.2, -0.15) is 0 Å². The van der Waals surface area contributed by atoms with Crippen LogP contribution in [0.15, 0.2) is 83.8 Å². The van der Waals surface area contributed by atoms with Crippen LogP contribution in [-0.4, -0.2) is 38.9 Å². The molecule has 3 aromatic carbocycles. The molecule has 3 aromatic rings. The van der Waals surface area contributed by atoms with Crippen LogP contribution in [-0.2, 0) is 27.9 Å². The fourth-order valence-corrected chi connectivity index (χ4v) is 5.85. The molecule has 184 valence electrons. The molecule has 1 aliphatic heterocycles. The van der Waals surface area contributed by atoms with Crippen LogP contribution in [0.5, 0.6) is 0 Å². The molecule has 1 aliphatic rings. The van der Waals surface area contributed by atoms with Crippen LogP contribution in [0.1, 0.15) is 36.0 Å². The molecule has 1 fully saturated rings. The topological polar surface area (TPSA) is 69.7 Å². The fourth-order valence-electron chi connectivity index (χ4n) is 4.42. The highest BCUT2D eigenvalue weighted by Gasteiger charge is 2.27. The third-order valence-corrected chi connectivity index (χ3v) is 8.03. The van der Waals surface area contributed by atoms with E-state index in [0.29, 0.717) is 12.2 Å². The molecule has 7 heteroatoms. The van der Waals surface area contributed by atoms with Crippen LogP contribution < -0.4 is 9.62 Å². The van der Waals surface area contributed by atoms with Gasteiger partial charge in [0.1, 0.15) is 6.54 Å². The van der Waals surface area contributed by atoms with E-state index in [1.165, 1.54) is 29.1 Å². The number of likely N-dealkylation sites (tertiary alicyclic amines) is 1. The third-order valence-electron chi connectivity index (χ3n) is 6.24. The molecule has 4 rings (SSSR count). The Morgan fingerprint density at radius 1 is 0.886 bits per heavy atom. The molecule has 0 bridgehead atoms. The van der Waals surface area contributed by atoms with E-state index in [0.717, 1.165) is 30.8 Å². The summed E-state index contributed by atoms with van der Waals surface area (Å²) in [5.74, 6) is -0.354. The smallest absolute Gasteiger partial charge is 0.264 e. The minimum absolute atomic E-state index is 0.153. The lowest BCUT2D eigenvalue weighted by Crippen LogP contribution is -2.40. The van der Waals surface area contributed by atoms with Crippen molar-refractivity contribution >= 4 is 21.6 Å². The standard InChI is InChI=1S/C28H33N3O3S/c1-23-10-8-13-26(18-23)31(35(33,34)27-14-4-2-5-15-27)22-28(32)29-20-24-11-9-12-25(19-24)21-30-16-6-3-7-17-30/h2,4-5,8-15,18-19H,3,6-7,16-17,20-22H2,1H3,(H,29,32). The van der Waals surface area contributed by atoms with Crippen molar-refractivity contribution in [3.05, 3.63) is 95.6 Å². The van der Waals surface area contributed by atoms with E-state index >= 15 is 0 Å². The Hall–Kier alpha value is -3.16. The van der Waals surface area contributed by atoms with Gasteiger partial charge in [0.05, 0.1) is 10.6 Å². The molecule has 1 amide bonds. The molecule has 0 aromatic heterocycles. The van der Waals surface area contributed by atoms with Gasteiger partial charge < -0.3 is 5.32 Å². The highest BCUT2D eigenvalue weighted by molar-refractivity contribution is 7.92. The van der Waals surface area contributed by atoms with Gasteiger partial charge in [0.25, 0.3) is 10.0 Å². The number of aryl methyl sites for hydroxylation is 1. The van der Waals surface area contributed by atoms with E-state index in [1.54, 1.807) is 48.5 Å². The van der Waals surface area contributed by atoms with Crippen molar-refractivity contribution in [3.63, 3.8) is 0 Å². The van der Waals surface area contributed by atoms with Gasteiger partial charge in [-0.3, -0.25) is 14.0 Å². The highest BCUT2D eigenvalue weighted by atomic mass is 32.2. The molecule has 0 unspecified atom stereocenters. The summed E-state index contributed by atoms with van der Waals surface area (Å²) in [6.07, 6.45) is 3.81. The normalized spacial score (nSPS) is 14.4. The predicted octanol–water partition coefficient (Wildman–Crippen LogP) is 4.49. The lowest BCUT2D eigenvalue weighted by molar-refractivity contribution is -0.119. The molecular formula is C28H33N3O3S. The number of carbonyl (C=O) groups excluding carboxylic acids is 1. The zero-order chi connectivity index (χ0) is 24.7. The van der Waals surface area contributed by atoms with Crippen LogP contribution in [0.3, 0.4) is 0 Å². The van der Waals surface area contributed by atoms with E-state index in [-0.39, 0.29) is 17.3 Å². The van der Waals surface area contributed by atoms with Crippen molar-refractivity contribution in [3.8, 4) is 0 Å². The van der Waals surface area contributed by atoms with E-state index in [1.807, 2.05) is 25.1 Å². The number of hydrogen-bond donors (Lipinski definition) is 1. The maximum atomic E-state index is 13.4. The number of benzene rings is 3. The molecule has 6 nitrogen and oxygen atoms in total.